The maximum absolute atomic E-state index is 5.50. The molecule has 0 atom stereocenters. The number of imidazole rings is 1. The van der Waals surface area contributed by atoms with Crippen molar-refractivity contribution in [2.45, 2.75) is 33.2 Å². The fourth-order valence-electron chi connectivity index (χ4n) is 2.06. The number of hydrogen-bond donors (Lipinski definition) is 1. The van der Waals surface area contributed by atoms with Crippen molar-refractivity contribution in [3.63, 3.8) is 0 Å². The molecule has 4 heteroatoms. The Labute approximate surface area is 113 Å². The molecule has 0 aliphatic carbocycles. The van der Waals surface area contributed by atoms with Crippen molar-refractivity contribution >= 4 is 23.3 Å². The molecule has 1 aromatic heterocycles. The summed E-state index contributed by atoms with van der Waals surface area (Å²) in [5.74, 6) is 0. The SMILES string of the molecule is CCCOCCCn1c(=S)[nH]c2ccc(C)cc21. The topological polar surface area (TPSA) is 29.9 Å². The molecule has 98 valence electrons. The fourth-order valence-corrected chi connectivity index (χ4v) is 2.36. The van der Waals surface area contributed by atoms with Crippen molar-refractivity contribution < 1.29 is 4.74 Å². The minimum Gasteiger partial charge on any atom is -0.381 e. The number of ether oxygens (including phenoxy) is 1. The highest BCUT2D eigenvalue weighted by molar-refractivity contribution is 7.71. The maximum atomic E-state index is 5.50. The zero-order valence-corrected chi connectivity index (χ0v) is 11.8. The number of H-pyrrole nitrogens is 1. The molecule has 0 saturated heterocycles. The summed E-state index contributed by atoms with van der Waals surface area (Å²) < 4.78 is 8.46. The van der Waals surface area contributed by atoms with Gasteiger partial charge in [-0.2, -0.15) is 0 Å². The Morgan fingerprint density at radius 1 is 1.33 bits per heavy atom. The molecule has 1 heterocycles. The first-order chi connectivity index (χ1) is 8.72. The summed E-state index contributed by atoms with van der Waals surface area (Å²) in [6, 6.07) is 6.36. The van der Waals surface area contributed by atoms with E-state index in [1.54, 1.807) is 0 Å². The van der Waals surface area contributed by atoms with Gasteiger partial charge in [0.25, 0.3) is 0 Å². The molecule has 2 aromatic rings. The second kappa shape index (κ2) is 6.16. The number of aromatic amines is 1. The van der Waals surface area contributed by atoms with Crippen LogP contribution in [0.1, 0.15) is 25.3 Å². The summed E-state index contributed by atoms with van der Waals surface area (Å²) in [5, 5.41) is 0. The second-order valence-corrected chi connectivity index (χ2v) is 4.96. The lowest BCUT2D eigenvalue weighted by Gasteiger charge is -2.05. The predicted molar refractivity (Wildman–Crippen MR) is 77.6 cm³/mol. The van der Waals surface area contributed by atoms with E-state index < -0.39 is 0 Å². The largest absolute Gasteiger partial charge is 0.381 e. The van der Waals surface area contributed by atoms with Gasteiger partial charge in [-0.15, -0.1) is 0 Å². The average Bonchev–Trinajstić information content (AvgIpc) is 2.65. The molecule has 0 unspecified atom stereocenters. The van der Waals surface area contributed by atoms with E-state index in [4.69, 9.17) is 17.0 Å². The van der Waals surface area contributed by atoms with Crippen molar-refractivity contribution in [1.82, 2.24) is 9.55 Å². The van der Waals surface area contributed by atoms with E-state index in [1.165, 1.54) is 11.1 Å². The van der Waals surface area contributed by atoms with Gasteiger partial charge in [-0.05, 0) is 49.7 Å². The van der Waals surface area contributed by atoms with Crippen LogP contribution in [0.3, 0.4) is 0 Å². The molecule has 0 fully saturated rings. The van der Waals surface area contributed by atoms with Crippen LogP contribution in [-0.4, -0.2) is 22.8 Å². The normalized spacial score (nSPS) is 11.2. The van der Waals surface area contributed by atoms with Crippen LogP contribution in [0.5, 0.6) is 0 Å². The standard InChI is InChI=1S/C14H20N2OS/c1-3-8-17-9-4-7-16-13-10-11(2)5-6-12(13)15-14(16)18/h5-6,10H,3-4,7-9H2,1-2H3,(H,15,18). The lowest BCUT2D eigenvalue weighted by Crippen LogP contribution is -2.03. The summed E-state index contributed by atoms with van der Waals surface area (Å²) in [7, 11) is 0. The third-order valence-electron chi connectivity index (χ3n) is 2.95. The number of rotatable bonds is 6. The molecule has 1 N–H and O–H groups in total. The van der Waals surface area contributed by atoms with Gasteiger partial charge in [0.05, 0.1) is 11.0 Å². The van der Waals surface area contributed by atoms with Crippen LogP contribution in [0.25, 0.3) is 11.0 Å². The molecule has 2 rings (SSSR count). The molecule has 0 saturated carbocycles. The molecule has 0 radical (unpaired) electrons. The van der Waals surface area contributed by atoms with Gasteiger partial charge < -0.3 is 14.3 Å². The van der Waals surface area contributed by atoms with Crippen LogP contribution in [-0.2, 0) is 11.3 Å². The fraction of sp³-hybridized carbons (Fsp3) is 0.500. The molecular formula is C14H20N2OS. The quantitative estimate of drug-likeness (QED) is 0.635. The molecule has 0 bridgehead atoms. The van der Waals surface area contributed by atoms with E-state index >= 15 is 0 Å². The highest BCUT2D eigenvalue weighted by Gasteiger charge is 2.04. The van der Waals surface area contributed by atoms with E-state index in [1.807, 2.05) is 0 Å². The first-order valence-electron chi connectivity index (χ1n) is 6.49. The number of nitrogens with one attached hydrogen (secondary N) is 1. The van der Waals surface area contributed by atoms with Crippen molar-refractivity contribution in [3.8, 4) is 0 Å². The molecule has 0 amide bonds. The molecule has 0 aliphatic rings. The third-order valence-corrected chi connectivity index (χ3v) is 3.27. The van der Waals surface area contributed by atoms with Gasteiger partial charge in [0.2, 0.25) is 0 Å². The Bertz CT molecular complexity index is 571. The summed E-state index contributed by atoms with van der Waals surface area (Å²) in [6.07, 6.45) is 2.07. The van der Waals surface area contributed by atoms with E-state index in [2.05, 4.69) is 41.6 Å². The van der Waals surface area contributed by atoms with Crippen molar-refractivity contribution in [2.75, 3.05) is 13.2 Å². The highest BCUT2D eigenvalue weighted by atomic mass is 32.1. The van der Waals surface area contributed by atoms with Gasteiger partial charge in [0.15, 0.2) is 4.77 Å². The molecule has 0 aliphatic heterocycles. The first kappa shape index (κ1) is 13.3. The average molecular weight is 264 g/mol. The second-order valence-electron chi connectivity index (χ2n) is 4.57. The van der Waals surface area contributed by atoms with Crippen molar-refractivity contribution in [1.29, 1.82) is 0 Å². The maximum Gasteiger partial charge on any atom is 0.178 e. The Balaban J connectivity index is 2.10. The van der Waals surface area contributed by atoms with Crippen LogP contribution in [0, 0.1) is 11.7 Å². The molecule has 0 spiro atoms. The number of hydrogen-bond acceptors (Lipinski definition) is 2. The van der Waals surface area contributed by atoms with E-state index in [9.17, 15) is 0 Å². The van der Waals surface area contributed by atoms with Crippen LogP contribution in [0.2, 0.25) is 0 Å². The smallest absolute Gasteiger partial charge is 0.178 e. The Morgan fingerprint density at radius 3 is 2.94 bits per heavy atom. The monoisotopic (exact) mass is 264 g/mol. The molecule has 1 aromatic carbocycles. The third kappa shape index (κ3) is 3.00. The summed E-state index contributed by atoms with van der Waals surface area (Å²) >= 11 is 5.36. The highest BCUT2D eigenvalue weighted by Crippen LogP contribution is 2.16. The van der Waals surface area contributed by atoms with E-state index in [0.29, 0.717) is 0 Å². The Kier molecular flexibility index (Phi) is 4.55. The Morgan fingerprint density at radius 2 is 2.17 bits per heavy atom. The van der Waals surface area contributed by atoms with Gasteiger partial charge in [-0.25, -0.2) is 0 Å². The van der Waals surface area contributed by atoms with Crippen LogP contribution < -0.4 is 0 Å². The zero-order valence-electron chi connectivity index (χ0n) is 11.0. The number of aromatic nitrogens is 2. The van der Waals surface area contributed by atoms with Gasteiger partial charge in [-0.3, -0.25) is 0 Å². The van der Waals surface area contributed by atoms with Crippen LogP contribution in [0.15, 0.2) is 18.2 Å². The van der Waals surface area contributed by atoms with Crippen LogP contribution in [0.4, 0.5) is 0 Å². The van der Waals surface area contributed by atoms with Crippen LogP contribution >= 0.6 is 12.2 Å². The summed E-state index contributed by atoms with van der Waals surface area (Å²) in [4.78, 5) is 3.24. The minimum absolute atomic E-state index is 0.797. The minimum atomic E-state index is 0.797. The molecule has 18 heavy (non-hydrogen) atoms. The zero-order chi connectivity index (χ0) is 13.0. The lowest BCUT2D eigenvalue weighted by atomic mass is 10.2. The Hall–Kier alpha value is -1.13. The lowest BCUT2D eigenvalue weighted by molar-refractivity contribution is 0.129. The van der Waals surface area contributed by atoms with Gasteiger partial charge in [0.1, 0.15) is 0 Å². The van der Waals surface area contributed by atoms with E-state index in [-0.39, 0.29) is 0 Å². The molecular weight excluding hydrogens is 244 g/mol. The van der Waals surface area contributed by atoms with Gasteiger partial charge in [-0.1, -0.05) is 13.0 Å². The number of benzene rings is 1. The summed E-state index contributed by atoms with van der Waals surface area (Å²) in [5.41, 5.74) is 3.56. The number of aryl methyl sites for hydroxylation is 2. The first-order valence-corrected chi connectivity index (χ1v) is 6.90. The van der Waals surface area contributed by atoms with Crippen molar-refractivity contribution in [3.05, 3.63) is 28.5 Å². The predicted octanol–water partition coefficient (Wildman–Crippen LogP) is 3.82. The molecule has 3 nitrogen and oxygen atoms in total. The number of nitrogens with zero attached hydrogens (tertiary/aromatic N) is 1. The van der Waals surface area contributed by atoms with Crippen molar-refractivity contribution in [2.24, 2.45) is 0 Å². The van der Waals surface area contributed by atoms with Gasteiger partial charge >= 0.3 is 0 Å². The van der Waals surface area contributed by atoms with Gasteiger partial charge in [0, 0.05) is 19.8 Å². The van der Waals surface area contributed by atoms with E-state index in [0.717, 1.165) is 42.9 Å². The number of fused-ring (bicyclic) bond motifs is 1. The summed E-state index contributed by atoms with van der Waals surface area (Å²) in [6.45, 7) is 6.78.